The van der Waals surface area contributed by atoms with Crippen molar-refractivity contribution in [3.05, 3.63) is 77.1 Å². The number of hydrazine groups is 1. The fraction of sp³-hybridized carbons (Fsp3) is 0.419. The van der Waals surface area contributed by atoms with Crippen LogP contribution < -0.4 is 26.8 Å². The lowest BCUT2D eigenvalue weighted by Gasteiger charge is -2.24. The molecule has 0 unspecified atom stereocenters. The highest BCUT2D eigenvalue weighted by Crippen LogP contribution is 2.33. The summed E-state index contributed by atoms with van der Waals surface area (Å²) < 4.78 is 42.0. The molecule has 1 amide bonds. The van der Waals surface area contributed by atoms with Crippen molar-refractivity contribution < 1.29 is 18.0 Å². The van der Waals surface area contributed by atoms with Gasteiger partial charge in [0.2, 0.25) is 0 Å². The van der Waals surface area contributed by atoms with Gasteiger partial charge in [0.25, 0.3) is 5.91 Å². The number of alkyl halides is 3. The van der Waals surface area contributed by atoms with Gasteiger partial charge in [0.15, 0.2) is 6.67 Å². The zero-order chi connectivity index (χ0) is 32.9. The van der Waals surface area contributed by atoms with Crippen LogP contribution >= 0.6 is 0 Å². The lowest BCUT2D eigenvalue weighted by atomic mass is 10.0. The van der Waals surface area contributed by atoms with Crippen LogP contribution in [0.25, 0.3) is 0 Å². The number of rotatable bonds is 14. The van der Waals surface area contributed by atoms with E-state index in [-0.39, 0.29) is 11.3 Å². The molecule has 0 saturated heterocycles. The number of anilines is 3. The summed E-state index contributed by atoms with van der Waals surface area (Å²) in [5, 5.41) is 9.94. The van der Waals surface area contributed by atoms with Crippen LogP contribution in [0.15, 0.2) is 65.5 Å². The first-order chi connectivity index (χ1) is 20.2. The highest BCUT2D eigenvalue weighted by atomic mass is 19.3. The molecule has 12 heteroatoms. The summed E-state index contributed by atoms with van der Waals surface area (Å²) in [6, 6.07) is 8.75. The summed E-state index contributed by atoms with van der Waals surface area (Å²) in [6.45, 7) is 11.7. The summed E-state index contributed by atoms with van der Waals surface area (Å²) >= 11 is 0. The zero-order valence-electron chi connectivity index (χ0n) is 26.6. The number of benzene rings is 2. The molecule has 0 aliphatic heterocycles. The van der Waals surface area contributed by atoms with E-state index in [2.05, 4.69) is 17.0 Å². The number of aryl methyl sites for hydroxylation is 1. The molecule has 0 saturated carbocycles. The van der Waals surface area contributed by atoms with Crippen LogP contribution in [-0.4, -0.2) is 76.5 Å². The van der Waals surface area contributed by atoms with Gasteiger partial charge in [-0.15, -0.1) is 0 Å². The monoisotopic (exact) mass is 604 g/mol. The SMILES string of the molecule is C=C(/C=N\N(C)CC)/C(N)=C/N(N)c1cc(NC(=O)c2cc(N(C)CCN(C)C)cc(C(F)(F)CF)c2)ccc1C.CC. The predicted octanol–water partition coefficient (Wildman–Crippen LogP) is 5.31. The van der Waals surface area contributed by atoms with Crippen LogP contribution in [0.3, 0.4) is 0 Å². The molecule has 0 heterocycles. The third-order valence-electron chi connectivity index (χ3n) is 6.36. The van der Waals surface area contributed by atoms with Crippen molar-refractivity contribution in [2.45, 2.75) is 33.6 Å². The normalized spacial score (nSPS) is 11.7. The number of nitrogens with two attached hydrogens (primary N) is 2. The van der Waals surface area contributed by atoms with Gasteiger partial charge >= 0.3 is 5.92 Å². The maximum absolute atomic E-state index is 14.4. The minimum Gasteiger partial charge on any atom is -0.397 e. The van der Waals surface area contributed by atoms with E-state index in [1.54, 1.807) is 35.2 Å². The van der Waals surface area contributed by atoms with Crippen molar-refractivity contribution in [1.29, 1.82) is 0 Å². The maximum Gasteiger partial charge on any atom is 0.301 e. The van der Waals surface area contributed by atoms with Gasteiger partial charge < -0.3 is 25.9 Å². The summed E-state index contributed by atoms with van der Waals surface area (Å²) in [7, 11) is 7.32. The summed E-state index contributed by atoms with van der Waals surface area (Å²) in [6.07, 6.45) is 3.01. The minimum atomic E-state index is -3.74. The Balaban J connectivity index is 0.00000452. The maximum atomic E-state index is 14.4. The van der Waals surface area contributed by atoms with Gasteiger partial charge in [0.05, 0.1) is 17.6 Å². The van der Waals surface area contributed by atoms with Crippen molar-refractivity contribution in [2.75, 3.05) is 69.7 Å². The number of halogens is 3. The van der Waals surface area contributed by atoms with Crippen LogP contribution in [0.2, 0.25) is 0 Å². The Bertz CT molecular complexity index is 1280. The fourth-order valence-electron chi connectivity index (χ4n) is 3.53. The molecular formula is C31H47F3N8O. The van der Waals surface area contributed by atoms with Crippen molar-refractivity contribution >= 4 is 29.2 Å². The Hall–Kier alpha value is -4.03. The third kappa shape index (κ3) is 11.3. The Labute approximate surface area is 254 Å². The van der Waals surface area contributed by atoms with Gasteiger partial charge in [-0.05, 0) is 63.8 Å². The second-order valence-electron chi connectivity index (χ2n) is 10.0. The molecule has 0 radical (unpaired) electrons. The van der Waals surface area contributed by atoms with E-state index in [1.165, 1.54) is 29.6 Å². The molecule has 238 valence electrons. The molecule has 43 heavy (non-hydrogen) atoms. The molecule has 0 aliphatic rings. The van der Waals surface area contributed by atoms with E-state index < -0.39 is 24.1 Å². The Kier molecular flexibility index (Phi) is 14.8. The molecule has 2 rings (SSSR count). The van der Waals surface area contributed by atoms with Gasteiger partial charge in [-0.1, -0.05) is 26.5 Å². The number of hydrazone groups is 1. The summed E-state index contributed by atoms with van der Waals surface area (Å²) in [5.74, 6) is 1.88. The Morgan fingerprint density at radius 3 is 2.33 bits per heavy atom. The van der Waals surface area contributed by atoms with E-state index >= 15 is 0 Å². The van der Waals surface area contributed by atoms with Gasteiger partial charge in [-0.2, -0.15) is 13.9 Å². The second-order valence-corrected chi connectivity index (χ2v) is 10.0. The predicted molar refractivity (Wildman–Crippen MR) is 173 cm³/mol. The van der Waals surface area contributed by atoms with Gasteiger partial charge in [0.1, 0.15) is 0 Å². The van der Waals surface area contributed by atoms with Crippen molar-refractivity contribution in [2.24, 2.45) is 16.7 Å². The van der Waals surface area contributed by atoms with E-state index in [0.717, 1.165) is 11.6 Å². The lowest BCUT2D eigenvalue weighted by Crippen LogP contribution is -2.29. The fourth-order valence-corrected chi connectivity index (χ4v) is 3.53. The van der Waals surface area contributed by atoms with Crippen LogP contribution in [0, 0.1) is 6.92 Å². The zero-order valence-corrected chi connectivity index (χ0v) is 26.6. The molecule has 0 fully saturated rings. The molecule has 5 N–H and O–H groups in total. The molecular weight excluding hydrogens is 557 g/mol. The van der Waals surface area contributed by atoms with Gasteiger partial charge in [0, 0.05) is 68.0 Å². The number of likely N-dealkylation sites (N-methyl/N-ethyl adjacent to an activating group) is 2. The number of amides is 1. The quantitative estimate of drug-likeness (QED) is 0.116. The average Bonchev–Trinajstić information content (AvgIpc) is 2.99. The first kappa shape index (κ1) is 37.0. The second kappa shape index (κ2) is 17.2. The van der Waals surface area contributed by atoms with Crippen molar-refractivity contribution in [3.8, 4) is 0 Å². The van der Waals surface area contributed by atoms with Crippen LogP contribution in [0.5, 0.6) is 0 Å². The highest BCUT2D eigenvalue weighted by molar-refractivity contribution is 6.05. The third-order valence-corrected chi connectivity index (χ3v) is 6.36. The molecule has 0 spiro atoms. The number of nitrogens with one attached hydrogen (secondary N) is 1. The molecule has 0 atom stereocenters. The largest absolute Gasteiger partial charge is 0.397 e. The topological polar surface area (TPSA) is 106 Å². The summed E-state index contributed by atoms with van der Waals surface area (Å²) in [5.41, 5.74) is 8.31. The number of carbonyl (C=O) groups is 1. The lowest BCUT2D eigenvalue weighted by molar-refractivity contribution is -0.0280. The van der Waals surface area contributed by atoms with E-state index in [1.807, 2.05) is 53.7 Å². The van der Waals surface area contributed by atoms with Crippen LogP contribution in [0.4, 0.5) is 30.2 Å². The Morgan fingerprint density at radius 2 is 1.74 bits per heavy atom. The van der Waals surface area contributed by atoms with Crippen LogP contribution in [0.1, 0.15) is 42.3 Å². The minimum absolute atomic E-state index is 0.0363. The standard InChI is InChI=1S/C29H41F3N8O.C2H6/c1-8-39(7)35-17-21(3)26(33)18-40(34)27-16-24(10-9-20(27)2)36-28(41)22-13-23(29(31,32)19-30)15-25(14-22)38(6)12-11-37(4)5;1-2/h9-10,13-18H,3,8,11-12,19,33-34H2,1-2,4-7H3,(H,36,41);1-2H3/b26-18-,35-17-;. The van der Waals surface area contributed by atoms with E-state index in [4.69, 9.17) is 11.6 Å². The molecule has 2 aromatic carbocycles. The van der Waals surface area contributed by atoms with Crippen LogP contribution in [-0.2, 0) is 5.92 Å². The highest BCUT2D eigenvalue weighted by Gasteiger charge is 2.33. The summed E-state index contributed by atoms with van der Waals surface area (Å²) in [4.78, 5) is 16.9. The van der Waals surface area contributed by atoms with E-state index in [9.17, 15) is 18.0 Å². The first-order valence-electron chi connectivity index (χ1n) is 14.0. The first-order valence-corrected chi connectivity index (χ1v) is 14.0. The molecule has 0 bridgehead atoms. The number of hydrogen-bond acceptors (Lipinski definition) is 8. The van der Waals surface area contributed by atoms with Crippen molar-refractivity contribution in [3.63, 3.8) is 0 Å². The molecule has 0 aliphatic carbocycles. The number of nitrogens with zero attached hydrogens (tertiary/aromatic N) is 5. The van der Waals surface area contributed by atoms with Gasteiger partial charge in [-0.25, -0.2) is 10.2 Å². The molecule has 2 aromatic rings. The Morgan fingerprint density at radius 1 is 1.09 bits per heavy atom. The van der Waals surface area contributed by atoms with Crippen molar-refractivity contribution in [1.82, 2.24) is 9.91 Å². The number of allylic oxidation sites excluding steroid dienone is 1. The smallest absolute Gasteiger partial charge is 0.301 e. The number of hydrogen-bond donors (Lipinski definition) is 3. The molecule has 9 nitrogen and oxygen atoms in total. The molecule has 0 aromatic heterocycles. The number of carbonyl (C=O) groups excluding carboxylic acids is 1. The van der Waals surface area contributed by atoms with Gasteiger partial charge in [-0.3, -0.25) is 9.80 Å². The average molecular weight is 605 g/mol. The van der Waals surface area contributed by atoms with E-state index in [0.29, 0.717) is 42.3 Å².